The van der Waals surface area contributed by atoms with Crippen LogP contribution in [0, 0.1) is 5.82 Å². The molecule has 1 atom stereocenters. The highest BCUT2D eigenvalue weighted by atomic mass is 35.5. The molecule has 0 aliphatic heterocycles. The summed E-state index contributed by atoms with van der Waals surface area (Å²) in [6.07, 6.45) is 1.12. The highest BCUT2D eigenvalue weighted by molar-refractivity contribution is 7.02. The van der Waals surface area contributed by atoms with Crippen molar-refractivity contribution < 1.29 is 4.39 Å². The zero-order chi connectivity index (χ0) is 16.9. The van der Waals surface area contributed by atoms with Gasteiger partial charge in [-0.3, -0.25) is 0 Å². The van der Waals surface area contributed by atoms with Gasteiger partial charge in [-0.15, -0.1) is 0 Å². The first-order chi connectivity index (χ1) is 11.0. The van der Waals surface area contributed by atoms with Gasteiger partial charge in [0, 0.05) is 5.02 Å². The highest BCUT2D eigenvalue weighted by Gasteiger charge is 2.36. The zero-order valence-corrected chi connectivity index (χ0v) is 15.9. The Bertz CT molecular complexity index is 565. The van der Waals surface area contributed by atoms with E-state index in [4.69, 9.17) is 11.6 Å². The molecule has 0 spiro atoms. The first-order valence-electron chi connectivity index (χ1n) is 8.15. The first kappa shape index (κ1) is 18.2. The minimum atomic E-state index is -1.92. The Labute approximate surface area is 145 Å². The van der Waals surface area contributed by atoms with Gasteiger partial charge in [-0.05, 0) is 57.0 Å². The molecule has 0 bridgehead atoms. The van der Waals surface area contributed by atoms with Crippen LogP contribution >= 0.6 is 11.6 Å². The second-order valence-corrected chi connectivity index (χ2v) is 11.2. The summed E-state index contributed by atoms with van der Waals surface area (Å²) in [5.41, 5.74) is 0. The highest BCUT2D eigenvalue weighted by Crippen LogP contribution is 2.20. The summed E-state index contributed by atoms with van der Waals surface area (Å²) in [6.45, 7) is 3.27. The Hall–Kier alpha value is -1.16. The molecule has 0 saturated carbocycles. The minimum Gasteiger partial charge on any atom is -0.310 e. The molecule has 0 amide bonds. The van der Waals surface area contributed by atoms with Gasteiger partial charge in [-0.25, -0.2) is 4.39 Å². The van der Waals surface area contributed by atoms with Crippen molar-refractivity contribution in [2.75, 3.05) is 20.6 Å². The summed E-state index contributed by atoms with van der Waals surface area (Å²) < 4.78 is 13.4. The number of benzene rings is 2. The van der Waals surface area contributed by atoms with Crippen LogP contribution in [0.15, 0.2) is 48.5 Å². The zero-order valence-electron chi connectivity index (χ0n) is 14.2. The summed E-state index contributed by atoms with van der Waals surface area (Å²) in [7, 11) is 2.29. The van der Waals surface area contributed by atoms with Crippen molar-refractivity contribution in [2.45, 2.75) is 25.4 Å². The van der Waals surface area contributed by atoms with Gasteiger partial charge < -0.3 is 4.90 Å². The van der Waals surface area contributed by atoms with Crippen LogP contribution in [-0.4, -0.2) is 33.6 Å². The number of rotatable bonds is 7. The second-order valence-electron chi connectivity index (χ2n) is 6.40. The number of hydrogen-bond acceptors (Lipinski definition) is 1. The van der Waals surface area contributed by atoms with Crippen LogP contribution in [0.2, 0.25) is 17.1 Å². The SMILES string of the molecule is CCC[Si](CCN(C)C)(c1ccc(F)cc1)c1ccc(Cl)cc1. The van der Waals surface area contributed by atoms with E-state index in [0.717, 1.165) is 30.1 Å². The fourth-order valence-electron chi connectivity index (χ4n) is 3.25. The van der Waals surface area contributed by atoms with Crippen molar-refractivity contribution in [2.24, 2.45) is 0 Å². The van der Waals surface area contributed by atoms with Gasteiger partial charge in [-0.1, -0.05) is 59.6 Å². The number of nitrogens with zero attached hydrogens (tertiary/aromatic N) is 1. The van der Waals surface area contributed by atoms with E-state index in [9.17, 15) is 4.39 Å². The molecule has 2 rings (SSSR count). The third kappa shape index (κ3) is 4.43. The fourth-order valence-corrected chi connectivity index (χ4v) is 8.40. The van der Waals surface area contributed by atoms with Gasteiger partial charge in [0.2, 0.25) is 0 Å². The summed E-state index contributed by atoms with van der Waals surface area (Å²) in [5, 5.41) is 3.46. The molecular weight excluding hydrogens is 325 g/mol. The molecule has 0 heterocycles. The maximum Gasteiger partial charge on any atom is 0.123 e. The molecule has 2 aromatic rings. The van der Waals surface area contributed by atoms with E-state index in [1.807, 2.05) is 24.3 Å². The van der Waals surface area contributed by atoms with Crippen LogP contribution in [0.5, 0.6) is 0 Å². The normalized spacial score (nSPS) is 14.0. The molecule has 4 heteroatoms. The Morgan fingerprint density at radius 3 is 1.91 bits per heavy atom. The summed E-state index contributed by atoms with van der Waals surface area (Å²) in [5.74, 6) is -0.170. The van der Waals surface area contributed by atoms with Crippen LogP contribution in [0.4, 0.5) is 4.39 Å². The quantitative estimate of drug-likeness (QED) is 0.682. The fraction of sp³-hybridized carbons (Fsp3) is 0.368. The molecule has 0 aliphatic carbocycles. The predicted molar refractivity (Wildman–Crippen MR) is 101 cm³/mol. The molecule has 1 unspecified atom stereocenters. The molecule has 0 radical (unpaired) electrons. The van der Waals surface area contributed by atoms with Crippen LogP contribution in [0.25, 0.3) is 0 Å². The lowest BCUT2D eigenvalue weighted by Gasteiger charge is -2.34. The van der Waals surface area contributed by atoms with Crippen LogP contribution in [0.1, 0.15) is 13.3 Å². The summed E-state index contributed by atoms with van der Waals surface area (Å²) in [6, 6.07) is 17.8. The van der Waals surface area contributed by atoms with E-state index in [1.165, 1.54) is 10.4 Å². The molecule has 1 nitrogen and oxygen atoms in total. The van der Waals surface area contributed by atoms with Crippen molar-refractivity contribution in [3.05, 3.63) is 59.4 Å². The summed E-state index contributed by atoms with van der Waals surface area (Å²) in [4.78, 5) is 2.23. The molecule has 2 aromatic carbocycles. The maximum atomic E-state index is 13.4. The van der Waals surface area contributed by atoms with Gasteiger partial charge >= 0.3 is 0 Å². The average molecular weight is 350 g/mol. The van der Waals surface area contributed by atoms with Crippen molar-refractivity contribution in [3.8, 4) is 0 Å². The molecule has 0 saturated heterocycles. The van der Waals surface area contributed by atoms with E-state index in [2.05, 4.69) is 38.1 Å². The molecular formula is C19H25ClFNSi. The first-order valence-corrected chi connectivity index (χ1v) is 10.9. The van der Waals surface area contributed by atoms with Gasteiger partial charge in [0.05, 0.1) is 0 Å². The van der Waals surface area contributed by atoms with Crippen LogP contribution in [0.3, 0.4) is 0 Å². The minimum absolute atomic E-state index is 0.170. The third-order valence-electron chi connectivity index (χ3n) is 4.46. The Morgan fingerprint density at radius 2 is 1.43 bits per heavy atom. The van der Waals surface area contributed by atoms with E-state index in [-0.39, 0.29) is 5.82 Å². The molecule has 0 aromatic heterocycles. The Kier molecular flexibility index (Phi) is 6.39. The lowest BCUT2D eigenvalue weighted by Crippen LogP contribution is -2.59. The molecule has 0 fully saturated rings. The molecule has 124 valence electrons. The van der Waals surface area contributed by atoms with E-state index in [0.29, 0.717) is 0 Å². The van der Waals surface area contributed by atoms with E-state index in [1.54, 1.807) is 12.1 Å². The lowest BCUT2D eigenvalue weighted by molar-refractivity contribution is 0.431. The second kappa shape index (κ2) is 8.09. The Morgan fingerprint density at radius 1 is 0.913 bits per heavy atom. The Balaban J connectivity index is 2.53. The summed E-state index contributed by atoms with van der Waals surface area (Å²) >= 11 is 6.09. The average Bonchev–Trinajstić information content (AvgIpc) is 2.53. The van der Waals surface area contributed by atoms with Crippen molar-refractivity contribution in [3.63, 3.8) is 0 Å². The largest absolute Gasteiger partial charge is 0.310 e. The van der Waals surface area contributed by atoms with Gasteiger partial charge in [0.15, 0.2) is 0 Å². The van der Waals surface area contributed by atoms with Crippen LogP contribution in [-0.2, 0) is 0 Å². The van der Waals surface area contributed by atoms with Crippen molar-refractivity contribution >= 4 is 30.0 Å². The smallest absolute Gasteiger partial charge is 0.123 e. The van der Waals surface area contributed by atoms with Gasteiger partial charge in [0.25, 0.3) is 0 Å². The van der Waals surface area contributed by atoms with E-state index >= 15 is 0 Å². The number of hydrogen-bond donors (Lipinski definition) is 0. The standard InChI is InChI=1S/C19H25ClFNSi/c1-4-14-23(15-13-22(2)3,18-9-5-16(20)6-10-18)19-11-7-17(21)8-12-19/h5-12H,4,13-15H2,1-3H3. The topological polar surface area (TPSA) is 3.24 Å². The van der Waals surface area contributed by atoms with Gasteiger partial charge in [-0.2, -0.15) is 0 Å². The third-order valence-corrected chi connectivity index (χ3v) is 10.0. The van der Waals surface area contributed by atoms with Crippen molar-refractivity contribution in [1.29, 1.82) is 0 Å². The van der Waals surface area contributed by atoms with Gasteiger partial charge in [0.1, 0.15) is 13.9 Å². The molecule has 0 N–H and O–H groups in total. The predicted octanol–water partition coefficient (Wildman–Crippen LogP) is 4.01. The molecule has 23 heavy (non-hydrogen) atoms. The van der Waals surface area contributed by atoms with E-state index < -0.39 is 8.07 Å². The maximum absolute atomic E-state index is 13.4. The van der Waals surface area contributed by atoms with Crippen molar-refractivity contribution in [1.82, 2.24) is 4.90 Å². The monoisotopic (exact) mass is 349 g/mol. The lowest BCUT2D eigenvalue weighted by atomic mass is 10.3. The number of halogens is 2. The van der Waals surface area contributed by atoms with Crippen LogP contribution < -0.4 is 10.4 Å². The molecule has 0 aliphatic rings.